The molecule has 17 heavy (non-hydrogen) atoms. The van der Waals surface area contributed by atoms with Gasteiger partial charge in [0.15, 0.2) is 5.82 Å². The van der Waals surface area contributed by atoms with Crippen LogP contribution < -0.4 is 0 Å². The fourth-order valence-corrected chi connectivity index (χ4v) is 1.95. The molecule has 3 rings (SSSR count). The van der Waals surface area contributed by atoms with E-state index in [1.165, 1.54) is 5.56 Å². The number of rotatable bonds is 1. The Bertz CT molecular complexity index is 688. The van der Waals surface area contributed by atoms with Gasteiger partial charge in [0, 0.05) is 0 Å². The molecule has 0 bridgehead atoms. The maximum Gasteiger partial charge on any atom is 0.157 e. The molecule has 4 heteroatoms. The molecular weight excluding hydrogens is 234 g/mol. The number of imidazole rings is 1. The van der Waals surface area contributed by atoms with Gasteiger partial charge in [-0.25, -0.2) is 9.97 Å². The lowest BCUT2D eigenvalue weighted by molar-refractivity contribution is 1.24. The van der Waals surface area contributed by atoms with Crippen LogP contribution in [0.2, 0.25) is 5.15 Å². The van der Waals surface area contributed by atoms with Gasteiger partial charge in [-0.15, -0.1) is 0 Å². The van der Waals surface area contributed by atoms with Crippen molar-refractivity contribution in [1.29, 1.82) is 0 Å². The van der Waals surface area contributed by atoms with Crippen molar-refractivity contribution in [2.24, 2.45) is 0 Å². The van der Waals surface area contributed by atoms with Gasteiger partial charge in [-0.2, -0.15) is 0 Å². The van der Waals surface area contributed by atoms with E-state index >= 15 is 0 Å². The standard InChI is InChI=1S/C13H10ClN3/c1-8-5-6-9-11(7-8)17-13(16-9)10-3-2-4-12(14)15-10/h2-7H,1H3,(H,16,17). The Morgan fingerprint density at radius 1 is 1.12 bits per heavy atom. The zero-order valence-electron chi connectivity index (χ0n) is 9.24. The van der Waals surface area contributed by atoms with Crippen LogP contribution in [-0.2, 0) is 0 Å². The first-order valence-corrected chi connectivity index (χ1v) is 5.69. The molecule has 0 aliphatic rings. The van der Waals surface area contributed by atoms with Crippen LogP contribution in [0.1, 0.15) is 5.56 Å². The fraction of sp³-hybridized carbons (Fsp3) is 0.0769. The summed E-state index contributed by atoms with van der Waals surface area (Å²) >= 11 is 5.87. The molecule has 0 atom stereocenters. The number of pyridine rings is 1. The van der Waals surface area contributed by atoms with Crippen molar-refractivity contribution < 1.29 is 0 Å². The molecule has 0 aliphatic heterocycles. The van der Waals surface area contributed by atoms with E-state index in [9.17, 15) is 0 Å². The molecular formula is C13H10ClN3. The van der Waals surface area contributed by atoms with E-state index in [-0.39, 0.29) is 0 Å². The normalized spacial score (nSPS) is 10.9. The van der Waals surface area contributed by atoms with Crippen LogP contribution in [0.15, 0.2) is 36.4 Å². The van der Waals surface area contributed by atoms with E-state index in [0.717, 1.165) is 22.6 Å². The number of aromatic amines is 1. The number of hydrogen-bond acceptors (Lipinski definition) is 2. The summed E-state index contributed by atoms with van der Waals surface area (Å²) in [6.45, 7) is 2.05. The van der Waals surface area contributed by atoms with Gasteiger partial charge in [-0.1, -0.05) is 23.7 Å². The number of fused-ring (bicyclic) bond motifs is 1. The predicted octanol–water partition coefficient (Wildman–Crippen LogP) is 3.59. The first-order valence-electron chi connectivity index (χ1n) is 5.32. The van der Waals surface area contributed by atoms with Gasteiger partial charge >= 0.3 is 0 Å². The van der Waals surface area contributed by atoms with Crippen molar-refractivity contribution in [3.05, 3.63) is 47.1 Å². The summed E-state index contributed by atoms with van der Waals surface area (Å²) < 4.78 is 0. The van der Waals surface area contributed by atoms with Crippen LogP contribution >= 0.6 is 11.6 Å². The quantitative estimate of drug-likeness (QED) is 0.664. The van der Waals surface area contributed by atoms with Gasteiger partial charge in [0.25, 0.3) is 0 Å². The van der Waals surface area contributed by atoms with E-state index in [1.54, 1.807) is 6.07 Å². The second-order valence-corrected chi connectivity index (χ2v) is 4.34. The third-order valence-corrected chi connectivity index (χ3v) is 2.81. The van der Waals surface area contributed by atoms with Gasteiger partial charge in [0.2, 0.25) is 0 Å². The molecule has 3 nitrogen and oxygen atoms in total. The Labute approximate surface area is 103 Å². The van der Waals surface area contributed by atoms with E-state index < -0.39 is 0 Å². The Hall–Kier alpha value is -1.87. The molecule has 1 aromatic carbocycles. The molecule has 0 fully saturated rings. The molecule has 0 spiro atoms. The number of nitrogens with zero attached hydrogens (tertiary/aromatic N) is 2. The van der Waals surface area contributed by atoms with Crippen molar-refractivity contribution in [1.82, 2.24) is 15.0 Å². The van der Waals surface area contributed by atoms with Crippen LogP contribution in [0.4, 0.5) is 0 Å². The van der Waals surface area contributed by atoms with E-state index in [2.05, 4.69) is 27.9 Å². The van der Waals surface area contributed by atoms with Crippen LogP contribution in [0.5, 0.6) is 0 Å². The predicted molar refractivity (Wildman–Crippen MR) is 69.1 cm³/mol. The summed E-state index contributed by atoms with van der Waals surface area (Å²) in [5.41, 5.74) is 3.91. The molecule has 0 saturated heterocycles. The number of halogens is 1. The first kappa shape index (κ1) is 10.3. The number of nitrogens with one attached hydrogen (secondary N) is 1. The maximum absolute atomic E-state index is 5.87. The summed E-state index contributed by atoms with van der Waals surface area (Å²) in [6, 6.07) is 11.6. The highest BCUT2D eigenvalue weighted by molar-refractivity contribution is 6.29. The molecule has 0 unspecified atom stereocenters. The van der Waals surface area contributed by atoms with Crippen molar-refractivity contribution in [3.63, 3.8) is 0 Å². The summed E-state index contributed by atoms with van der Waals surface area (Å²) in [5.74, 6) is 0.744. The minimum atomic E-state index is 0.471. The van der Waals surface area contributed by atoms with Gasteiger partial charge in [0.1, 0.15) is 10.8 Å². The SMILES string of the molecule is Cc1ccc2nc(-c3cccc(Cl)n3)[nH]c2c1. The lowest BCUT2D eigenvalue weighted by Gasteiger charge is -1.95. The smallest absolute Gasteiger partial charge is 0.157 e. The van der Waals surface area contributed by atoms with Crippen molar-refractivity contribution in [2.75, 3.05) is 0 Å². The highest BCUT2D eigenvalue weighted by Crippen LogP contribution is 2.20. The third kappa shape index (κ3) is 1.89. The molecule has 0 amide bonds. The minimum Gasteiger partial charge on any atom is -0.337 e. The number of aryl methyl sites for hydroxylation is 1. The minimum absolute atomic E-state index is 0.471. The van der Waals surface area contributed by atoms with Crippen molar-refractivity contribution >= 4 is 22.6 Å². The number of benzene rings is 1. The second kappa shape index (κ2) is 3.86. The van der Waals surface area contributed by atoms with Gasteiger partial charge in [0.05, 0.1) is 11.0 Å². The molecule has 2 aromatic heterocycles. The number of hydrogen-bond donors (Lipinski definition) is 1. The molecule has 0 saturated carbocycles. The Morgan fingerprint density at radius 3 is 2.82 bits per heavy atom. The summed E-state index contributed by atoms with van der Waals surface area (Å²) in [7, 11) is 0. The highest BCUT2D eigenvalue weighted by Gasteiger charge is 2.06. The van der Waals surface area contributed by atoms with Crippen molar-refractivity contribution in [2.45, 2.75) is 6.92 Å². The van der Waals surface area contributed by atoms with Gasteiger partial charge in [-0.05, 0) is 36.8 Å². The van der Waals surface area contributed by atoms with Crippen LogP contribution in [0.25, 0.3) is 22.6 Å². The van der Waals surface area contributed by atoms with Crippen LogP contribution in [-0.4, -0.2) is 15.0 Å². The third-order valence-electron chi connectivity index (χ3n) is 2.60. The fourth-order valence-electron chi connectivity index (χ4n) is 1.78. The van der Waals surface area contributed by atoms with Crippen LogP contribution in [0, 0.1) is 6.92 Å². The second-order valence-electron chi connectivity index (χ2n) is 3.95. The Kier molecular flexibility index (Phi) is 2.34. The molecule has 0 aliphatic carbocycles. The highest BCUT2D eigenvalue weighted by atomic mass is 35.5. The molecule has 1 N–H and O–H groups in total. The molecule has 2 heterocycles. The summed E-state index contributed by atoms with van der Waals surface area (Å²) in [5, 5.41) is 0.471. The van der Waals surface area contributed by atoms with Gasteiger partial charge < -0.3 is 4.98 Å². The lowest BCUT2D eigenvalue weighted by Crippen LogP contribution is -1.84. The van der Waals surface area contributed by atoms with E-state index in [4.69, 9.17) is 11.6 Å². The summed E-state index contributed by atoms with van der Waals surface area (Å²) in [4.78, 5) is 12.0. The van der Waals surface area contributed by atoms with Crippen LogP contribution in [0.3, 0.4) is 0 Å². The average molecular weight is 244 g/mol. The Balaban J connectivity index is 2.18. The average Bonchev–Trinajstić information content (AvgIpc) is 2.72. The number of H-pyrrole nitrogens is 1. The zero-order valence-corrected chi connectivity index (χ0v) is 9.99. The van der Waals surface area contributed by atoms with Crippen molar-refractivity contribution in [3.8, 4) is 11.5 Å². The van der Waals surface area contributed by atoms with Gasteiger partial charge in [-0.3, -0.25) is 0 Å². The number of aromatic nitrogens is 3. The summed E-state index contributed by atoms with van der Waals surface area (Å²) in [6.07, 6.45) is 0. The molecule has 3 aromatic rings. The molecule has 0 radical (unpaired) electrons. The maximum atomic E-state index is 5.87. The lowest BCUT2D eigenvalue weighted by atomic mass is 10.2. The largest absolute Gasteiger partial charge is 0.337 e. The van der Waals surface area contributed by atoms with E-state index in [1.807, 2.05) is 24.3 Å². The zero-order chi connectivity index (χ0) is 11.8. The van der Waals surface area contributed by atoms with E-state index in [0.29, 0.717) is 5.15 Å². The topological polar surface area (TPSA) is 41.6 Å². The monoisotopic (exact) mass is 243 g/mol. The Morgan fingerprint density at radius 2 is 2.00 bits per heavy atom. The first-order chi connectivity index (χ1) is 8.22. The molecule has 84 valence electrons.